The van der Waals surface area contributed by atoms with Gasteiger partial charge in [0.1, 0.15) is 0 Å². The fraction of sp³-hybridized carbons (Fsp3) is 0.423. The minimum atomic E-state index is -1.82. The highest BCUT2D eigenvalue weighted by atomic mass is 16.4. The van der Waals surface area contributed by atoms with Gasteiger partial charge >= 0.3 is 11.9 Å². The summed E-state index contributed by atoms with van der Waals surface area (Å²) in [5, 5.41) is 14.8. The lowest BCUT2D eigenvalue weighted by Crippen LogP contribution is -2.52. The predicted octanol–water partition coefficient (Wildman–Crippen LogP) is 3.85. The number of amides is 1. The third kappa shape index (κ3) is 6.89. The van der Waals surface area contributed by atoms with Crippen LogP contribution < -0.4 is 0 Å². The molecule has 2 N–H and O–H groups in total. The van der Waals surface area contributed by atoms with E-state index in [0.717, 1.165) is 49.3 Å². The van der Waals surface area contributed by atoms with Crippen LogP contribution in [-0.4, -0.2) is 70.1 Å². The van der Waals surface area contributed by atoms with Gasteiger partial charge in [-0.25, -0.2) is 9.59 Å². The van der Waals surface area contributed by atoms with Crippen molar-refractivity contribution in [1.82, 2.24) is 9.80 Å². The van der Waals surface area contributed by atoms with Gasteiger partial charge in [0.15, 0.2) is 0 Å². The standard InChI is InChI=1S/C24H30N2O.C2H2O4/c1-19-6-5-9-23(18-19)25-14-16-26(17-15-25)24(27)22-12-10-21(11-13-22)20-7-3-2-4-8-20;3-1(4)2(5)6/h2-4,7-8,10-13,19,23H,5-6,9,14-18H2,1H3;(H,3,4)(H,5,6). The van der Waals surface area contributed by atoms with E-state index >= 15 is 0 Å². The molecule has 33 heavy (non-hydrogen) atoms. The number of hydrogen-bond acceptors (Lipinski definition) is 4. The van der Waals surface area contributed by atoms with E-state index in [4.69, 9.17) is 19.8 Å². The Bertz CT molecular complexity index is 925. The minimum absolute atomic E-state index is 0.172. The van der Waals surface area contributed by atoms with E-state index in [2.05, 4.69) is 36.1 Å². The molecule has 0 bridgehead atoms. The maximum absolute atomic E-state index is 12.9. The molecular weight excluding hydrogens is 420 g/mol. The summed E-state index contributed by atoms with van der Waals surface area (Å²) < 4.78 is 0. The summed E-state index contributed by atoms with van der Waals surface area (Å²) in [5.41, 5.74) is 3.14. The number of nitrogens with zero attached hydrogens (tertiary/aromatic N) is 2. The van der Waals surface area contributed by atoms with Gasteiger partial charge in [0.25, 0.3) is 5.91 Å². The van der Waals surface area contributed by atoms with Crippen LogP contribution in [0.3, 0.4) is 0 Å². The number of carbonyl (C=O) groups is 3. The number of aliphatic carboxylic acids is 2. The quantitative estimate of drug-likeness (QED) is 0.687. The summed E-state index contributed by atoms with van der Waals surface area (Å²) in [4.78, 5) is 35.7. The fourth-order valence-electron chi connectivity index (χ4n) is 4.64. The van der Waals surface area contributed by atoms with E-state index < -0.39 is 11.9 Å². The molecule has 2 fully saturated rings. The molecule has 0 aromatic heterocycles. The van der Waals surface area contributed by atoms with Crippen LogP contribution in [0.5, 0.6) is 0 Å². The summed E-state index contributed by atoms with van der Waals surface area (Å²) in [6, 6.07) is 19.1. The van der Waals surface area contributed by atoms with Crippen LogP contribution in [0.4, 0.5) is 0 Å². The molecule has 1 aliphatic carbocycles. The SMILES string of the molecule is CC1CCCC(N2CCN(C(=O)c3ccc(-c4ccccc4)cc3)CC2)C1.O=C(O)C(=O)O. The van der Waals surface area contributed by atoms with Gasteiger partial charge < -0.3 is 15.1 Å². The molecule has 2 aliphatic rings. The summed E-state index contributed by atoms with van der Waals surface area (Å²) in [5.74, 6) is -2.62. The maximum Gasteiger partial charge on any atom is 0.414 e. The van der Waals surface area contributed by atoms with Gasteiger partial charge in [0, 0.05) is 37.8 Å². The molecule has 7 nitrogen and oxygen atoms in total. The van der Waals surface area contributed by atoms with E-state index in [1.54, 1.807) is 0 Å². The van der Waals surface area contributed by atoms with Crippen molar-refractivity contribution in [3.63, 3.8) is 0 Å². The molecule has 176 valence electrons. The molecule has 1 amide bonds. The molecule has 4 rings (SSSR count). The summed E-state index contributed by atoms with van der Waals surface area (Å²) in [7, 11) is 0. The number of carboxylic acids is 2. The van der Waals surface area contributed by atoms with Crippen LogP contribution in [0.25, 0.3) is 11.1 Å². The zero-order chi connectivity index (χ0) is 23.8. The molecule has 2 aromatic carbocycles. The smallest absolute Gasteiger partial charge is 0.414 e. The molecular formula is C26H32N2O5. The average Bonchev–Trinajstić information content (AvgIpc) is 2.85. The van der Waals surface area contributed by atoms with Crippen molar-refractivity contribution in [2.24, 2.45) is 5.92 Å². The fourth-order valence-corrected chi connectivity index (χ4v) is 4.64. The van der Waals surface area contributed by atoms with Gasteiger partial charge in [0.2, 0.25) is 0 Å². The monoisotopic (exact) mass is 452 g/mol. The molecule has 1 heterocycles. The largest absolute Gasteiger partial charge is 0.473 e. The number of rotatable bonds is 3. The van der Waals surface area contributed by atoms with Gasteiger partial charge in [-0.05, 0) is 42.0 Å². The Labute approximate surface area is 194 Å². The van der Waals surface area contributed by atoms with Gasteiger partial charge in [-0.1, -0.05) is 62.2 Å². The molecule has 7 heteroatoms. The van der Waals surface area contributed by atoms with Crippen molar-refractivity contribution in [1.29, 1.82) is 0 Å². The second-order valence-corrected chi connectivity index (χ2v) is 8.81. The van der Waals surface area contributed by atoms with E-state index in [-0.39, 0.29) is 5.91 Å². The van der Waals surface area contributed by atoms with E-state index in [9.17, 15) is 4.79 Å². The van der Waals surface area contributed by atoms with Crippen LogP contribution in [0.2, 0.25) is 0 Å². The van der Waals surface area contributed by atoms with Gasteiger partial charge in [0.05, 0.1) is 0 Å². The van der Waals surface area contributed by atoms with Crippen LogP contribution >= 0.6 is 0 Å². The Morgan fingerprint density at radius 3 is 1.91 bits per heavy atom. The number of carboxylic acid groups (broad SMARTS) is 2. The van der Waals surface area contributed by atoms with Gasteiger partial charge in [-0.15, -0.1) is 0 Å². The van der Waals surface area contributed by atoms with Crippen LogP contribution in [-0.2, 0) is 9.59 Å². The highest BCUT2D eigenvalue weighted by molar-refractivity contribution is 6.27. The first-order valence-corrected chi connectivity index (χ1v) is 11.5. The average molecular weight is 453 g/mol. The van der Waals surface area contributed by atoms with Crippen molar-refractivity contribution in [2.75, 3.05) is 26.2 Å². The molecule has 0 radical (unpaired) electrons. The number of carbonyl (C=O) groups excluding carboxylic acids is 1. The first kappa shape index (κ1) is 24.5. The van der Waals surface area contributed by atoms with Gasteiger partial charge in [-0.3, -0.25) is 9.69 Å². The molecule has 2 unspecified atom stereocenters. The predicted molar refractivity (Wildman–Crippen MR) is 126 cm³/mol. The zero-order valence-electron chi connectivity index (χ0n) is 19.0. The van der Waals surface area contributed by atoms with Crippen LogP contribution in [0.15, 0.2) is 54.6 Å². The van der Waals surface area contributed by atoms with Crippen LogP contribution in [0, 0.1) is 5.92 Å². The zero-order valence-corrected chi connectivity index (χ0v) is 19.0. The minimum Gasteiger partial charge on any atom is -0.473 e. The van der Waals surface area contributed by atoms with Gasteiger partial charge in [-0.2, -0.15) is 0 Å². The highest BCUT2D eigenvalue weighted by Crippen LogP contribution is 2.28. The van der Waals surface area contributed by atoms with Crippen LogP contribution in [0.1, 0.15) is 43.0 Å². The number of hydrogen-bond donors (Lipinski definition) is 2. The topological polar surface area (TPSA) is 98.2 Å². The summed E-state index contributed by atoms with van der Waals surface area (Å²) in [6.07, 6.45) is 5.40. The second kappa shape index (κ2) is 11.6. The molecule has 1 aliphatic heterocycles. The highest BCUT2D eigenvalue weighted by Gasteiger charge is 2.29. The number of piperazine rings is 1. The Hall–Kier alpha value is -3.19. The molecule has 1 saturated heterocycles. The molecule has 0 spiro atoms. The summed E-state index contributed by atoms with van der Waals surface area (Å²) in [6.45, 7) is 6.12. The molecule has 2 aromatic rings. The van der Waals surface area contributed by atoms with Crippen molar-refractivity contribution >= 4 is 17.8 Å². The first-order valence-electron chi connectivity index (χ1n) is 11.5. The van der Waals surface area contributed by atoms with Crippen molar-refractivity contribution in [2.45, 2.75) is 38.6 Å². The molecule has 1 saturated carbocycles. The van der Waals surface area contributed by atoms with Crippen molar-refractivity contribution in [3.8, 4) is 11.1 Å². The normalized spacial score (nSPS) is 20.9. The first-order chi connectivity index (χ1) is 15.8. The maximum atomic E-state index is 12.9. The van der Waals surface area contributed by atoms with E-state index in [0.29, 0.717) is 0 Å². The molecule has 2 atom stereocenters. The Morgan fingerprint density at radius 2 is 1.36 bits per heavy atom. The van der Waals surface area contributed by atoms with E-state index in [1.165, 1.54) is 31.2 Å². The Kier molecular flexibility index (Phi) is 8.60. The van der Waals surface area contributed by atoms with Crippen molar-refractivity contribution < 1.29 is 24.6 Å². The lowest BCUT2D eigenvalue weighted by atomic mass is 9.86. The van der Waals surface area contributed by atoms with Crippen molar-refractivity contribution in [3.05, 3.63) is 60.2 Å². The lowest BCUT2D eigenvalue weighted by molar-refractivity contribution is -0.159. The second-order valence-electron chi connectivity index (χ2n) is 8.81. The van der Waals surface area contributed by atoms with E-state index in [1.807, 2.05) is 35.2 Å². The third-order valence-electron chi connectivity index (χ3n) is 6.45. The summed E-state index contributed by atoms with van der Waals surface area (Å²) >= 11 is 0. The Balaban J connectivity index is 0.000000454. The Morgan fingerprint density at radius 1 is 0.788 bits per heavy atom. The third-order valence-corrected chi connectivity index (χ3v) is 6.45. The lowest BCUT2D eigenvalue weighted by Gasteiger charge is -2.42. The number of benzene rings is 2.